The van der Waals surface area contributed by atoms with E-state index in [1.165, 1.54) is 12.1 Å². The summed E-state index contributed by atoms with van der Waals surface area (Å²) in [7, 11) is 0. The van der Waals surface area contributed by atoms with Gasteiger partial charge in [0.25, 0.3) is 0 Å². The molecule has 0 saturated heterocycles. The molecular formula is C10H10BrFO. The van der Waals surface area contributed by atoms with Gasteiger partial charge in [-0.15, -0.1) is 6.58 Å². The first-order valence-corrected chi connectivity index (χ1v) is 4.72. The minimum Gasteiger partial charge on any atom is -0.492 e. The first kappa shape index (κ1) is 10.3. The van der Waals surface area contributed by atoms with Gasteiger partial charge in [-0.2, -0.15) is 0 Å². The molecule has 0 aliphatic rings. The molecule has 0 bridgehead atoms. The van der Waals surface area contributed by atoms with Gasteiger partial charge >= 0.3 is 0 Å². The van der Waals surface area contributed by atoms with Gasteiger partial charge in [-0.25, -0.2) is 4.39 Å². The standard InChI is InChI=1S/C10H10BrFO/c1-2-3-6-13-10-5-4-8(12)7-9(10)11/h2,4-5,7H,1,3,6H2. The molecule has 0 radical (unpaired) electrons. The van der Waals surface area contributed by atoms with Gasteiger partial charge < -0.3 is 4.74 Å². The lowest BCUT2D eigenvalue weighted by Crippen LogP contribution is -1.96. The number of benzene rings is 1. The van der Waals surface area contributed by atoms with Crippen LogP contribution in [0.3, 0.4) is 0 Å². The van der Waals surface area contributed by atoms with Gasteiger partial charge in [-0.05, 0) is 40.5 Å². The molecule has 0 amide bonds. The minimum absolute atomic E-state index is 0.275. The Hall–Kier alpha value is -0.830. The second-order valence-electron chi connectivity index (χ2n) is 2.50. The van der Waals surface area contributed by atoms with Crippen molar-refractivity contribution >= 4 is 15.9 Å². The first-order chi connectivity index (χ1) is 6.24. The van der Waals surface area contributed by atoms with E-state index in [4.69, 9.17) is 4.74 Å². The van der Waals surface area contributed by atoms with E-state index in [-0.39, 0.29) is 5.82 Å². The van der Waals surface area contributed by atoms with E-state index in [1.54, 1.807) is 12.1 Å². The van der Waals surface area contributed by atoms with Gasteiger partial charge in [0.2, 0.25) is 0 Å². The van der Waals surface area contributed by atoms with Crippen molar-refractivity contribution in [1.82, 2.24) is 0 Å². The van der Waals surface area contributed by atoms with Crippen molar-refractivity contribution < 1.29 is 9.13 Å². The van der Waals surface area contributed by atoms with Crippen LogP contribution in [-0.2, 0) is 0 Å². The van der Waals surface area contributed by atoms with Gasteiger partial charge in [0.1, 0.15) is 11.6 Å². The summed E-state index contributed by atoms with van der Waals surface area (Å²) in [6.45, 7) is 4.14. The van der Waals surface area contributed by atoms with Crippen LogP contribution in [0.4, 0.5) is 4.39 Å². The molecule has 0 aromatic heterocycles. The van der Waals surface area contributed by atoms with Crippen molar-refractivity contribution in [2.45, 2.75) is 6.42 Å². The summed E-state index contributed by atoms with van der Waals surface area (Å²) in [5, 5.41) is 0. The predicted octanol–water partition coefficient (Wildman–Crippen LogP) is 3.54. The van der Waals surface area contributed by atoms with Crippen molar-refractivity contribution in [2.75, 3.05) is 6.61 Å². The van der Waals surface area contributed by atoms with Gasteiger partial charge in [-0.3, -0.25) is 0 Å². The molecule has 0 spiro atoms. The fourth-order valence-electron chi connectivity index (χ4n) is 0.844. The van der Waals surface area contributed by atoms with Crippen LogP contribution < -0.4 is 4.74 Å². The third-order valence-corrected chi connectivity index (χ3v) is 2.09. The molecule has 1 aromatic rings. The molecule has 1 nitrogen and oxygen atoms in total. The van der Waals surface area contributed by atoms with Crippen molar-refractivity contribution in [1.29, 1.82) is 0 Å². The summed E-state index contributed by atoms with van der Waals surface area (Å²) < 4.78 is 18.6. The average molecular weight is 245 g/mol. The average Bonchev–Trinajstić information content (AvgIpc) is 2.09. The summed E-state index contributed by atoms with van der Waals surface area (Å²) in [4.78, 5) is 0. The van der Waals surface area contributed by atoms with Crippen LogP contribution in [0.25, 0.3) is 0 Å². The van der Waals surface area contributed by atoms with E-state index in [1.807, 2.05) is 0 Å². The van der Waals surface area contributed by atoms with E-state index >= 15 is 0 Å². The van der Waals surface area contributed by atoms with Crippen LogP contribution in [0.15, 0.2) is 35.3 Å². The van der Waals surface area contributed by atoms with Gasteiger partial charge in [0.15, 0.2) is 0 Å². The highest BCUT2D eigenvalue weighted by Gasteiger charge is 2.01. The predicted molar refractivity (Wildman–Crippen MR) is 54.4 cm³/mol. The van der Waals surface area contributed by atoms with E-state index in [0.29, 0.717) is 16.8 Å². The Morgan fingerprint density at radius 1 is 1.54 bits per heavy atom. The topological polar surface area (TPSA) is 9.23 Å². The number of hydrogen-bond acceptors (Lipinski definition) is 1. The molecule has 0 heterocycles. The largest absolute Gasteiger partial charge is 0.492 e. The summed E-state index contributed by atoms with van der Waals surface area (Å²) in [6.07, 6.45) is 2.56. The lowest BCUT2D eigenvalue weighted by molar-refractivity contribution is 0.322. The van der Waals surface area contributed by atoms with Crippen LogP contribution in [-0.4, -0.2) is 6.61 Å². The summed E-state index contributed by atoms with van der Waals surface area (Å²) in [6, 6.07) is 4.35. The minimum atomic E-state index is -0.275. The Balaban J connectivity index is 2.61. The van der Waals surface area contributed by atoms with Crippen LogP contribution in [0.5, 0.6) is 5.75 Å². The summed E-state index contributed by atoms with van der Waals surface area (Å²) in [5.74, 6) is 0.381. The molecule has 0 N–H and O–H groups in total. The Bertz CT molecular complexity index is 299. The van der Waals surface area contributed by atoms with Gasteiger partial charge in [-0.1, -0.05) is 6.08 Å². The fraction of sp³-hybridized carbons (Fsp3) is 0.200. The molecule has 3 heteroatoms. The molecule has 0 atom stereocenters. The van der Waals surface area contributed by atoms with Crippen molar-refractivity contribution in [3.63, 3.8) is 0 Å². The number of ether oxygens (including phenoxy) is 1. The highest BCUT2D eigenvalue weighted by molar-refractivity contribution is 9.10. The second-order valence-corrected chi connectivity index (χ2v) is 3.35. The zero-order valence-electron chi connectivity index (χ0n) is 7.09. The summed E-state index contributed by atoms with van der Waals surface area (Å²) >= 11 is 3.21. The molecule has 0 aliphatic heterocycles. The van der Waals surface area contributed by atoms with Crippen molar-refractivity contribution in [3.05, 3.63) is 41.1 Å². The normalized spacial score (nSPS) is 9.69. The SMILES string of the molecule is C=CCCOc1ccc(F)cc1Br. The third kappa shape index (κ3) is 3.19. The van der Waals surface area contributed by atoms with E-state index in [9.17, 15) is 4.39 Å². The fourth-order valence-corrected chi connectivity index (χ4v) is 1.31. The lowest BCUT2D eigenvalue weighted by Gasteiger charge is -2.06. The maximum Gasteiger partial charge on any atom is 0.133 e. The summed E-state index contributed by atoms with van der Waals surface area (Å²) in [5.41, 5.74) is 0. The molecule has 13 heavy (non-hydrogen) atoms. The van der Waals surface area contributed by atoms with E-state index < -0.39 is 0 Å². The zero-order chi connectivity index (χ0) is 9.68. The van der Waals surface area contributed by atoms with Crippen LogP contribution in [0.1, 0.15) is 6.42 Å². The maximum absolute atomic E-state index is 12.6. The Labute approximate surface area is 85.3 Å². The lowest BCUT2D eigenvalue weighted by atomic mass is 10.3. The maximum atomic E-state index is 12.6. The molecule has 70 valence electrons. The monoisotopic (exact) mass is 244 g/mol. The molecule has 0 saturated carbocycles. The Kier molecular flexibility index (Phi) is 3.96. The molecule has 0 fully saturated rings. The Morgan fingerprint density at radius 2 is 2.31 bits per heavy atom. The van der Waals surface area contributed by atoms with Gasteiger partial charge in [0, 0.05) is 0 Å². The van der Waals surface area contributed by atoms with Crippen molar-refractivity contribution in [2.24, 2.45) is 0 Å². The smallest absolute Gasteiger partial charge is 0.133 e. The molecule has 1 rings (SSSR count). The number of halogens is 2. The van der Waals surface area contributed by atoms with Gasteiger partial charge in [0.05, 0.1) is 11.1 Å². The van der Waals surface area contributed by atoms with E-state index in [0.717, 1.165) is 6.42 Å². The number of hydrogen-bond donors (Lipinski definition) is 0. The van der Waals surface area contributed by atoms with Crippen molar-refractivity contribution in [3.8, 4) is 5.75 Å². The Morgan fingerprint density at radius 3 is 2.92 bits per heavy atom. The molecule has 0 aliphatic carbocycles. The highest BCUT2D eigenvalue weighted by atomic mass is 79.9. The quantitative estimate of drug-likeness (QED) is 0.582. The first-order valence-electron chi connectivity index (χ1n) is 3.93. The third-order valence-electron chi connectivity index (χ3n) is 1.47. The number of rotatable bonds is 4. The van der Waals surface area contributed by atoms with Crippen LogP contribution in [0, 0.1) is 5.82 Å². The molecule has 1 aromatic carbocycles. The molecular weight excluding hydrogens is 235 g/mol. The highest BCUT2D eigenvalue weighted by Crippen LogP contribution is 2.25. The second kappa shape index (κ2) is 5.02. The van der Waals surface area contributed by atoms with Crippen LogP contribution >= 0.6 is 15.9 Å². The molecule has 0 unspecified atom stereocenters. The zero-order valence-corrected chi connectivity index (χ0v) is 8.68. The van der Waals surface area contributed by atoms with Crippen LogP contribution in [0.2, 0.25) is 0 Å². The van der Waals surface area contributed by atoms with E-state index in [2.05, 4.69) is 22.5 Å².